The Kier molecular flexibility index (Phi) is 5.49. The van der Waals surface area contributed by atoms with E-state index in [1.807, 2.05) is 0 Å². The predicted octanol–water partition coefficient (Wildman–Crippen LogP) is 1.71. The molecular formula is C16H20FNO4. The normalized spacial score (nSPS) is 19.7. The number of carbonyl (C=O) groups excluding carboxylic acids is 1. The van der Waals surface area contributed by atoms with Crippen molar-refractivity contribution in [1.82, 2.24) is 4.90 Å². The van der Waals surface area contributed by atoms with Crippen molar-refractivity contribution in [1.29, 1.82) is 0 Å². The van der Waals surface area contributed by atoms with Gasteiger partial charge >= 0.3 is 5.97 Å². The average Bonchev–Trinajstić information content (AvgIpc) is 2.46. The molecule has 0 radical (unpaired) electrons. The van der Waals surface area contributed by atoms with E-state index in [2.05, 4.69) is 0 Å². The minimum Gasteiger partial charge on any atom is -0.481 e. The molecule has 1 aliphatic heterocycles. The monoisotopic (exact) mass is 309 g/mol. The quantitative estimate of drug-likeness (QED) is 0.899. The molecule has 0 saturated carbocycles. The lowest BCUT2D eigenvalue weighted by atomic mass is 9.99. The number of aliphatic carboxylic acids is 1. The number of hydrogen-bond donors (Lipinski definition) is 1. The fourth-order valence-corrected chi connectivity index (χ4v) is 2.65. The van der Waals surface area contributed by atoms with E-state index in [0.717, 1.165) is 5.56 Å². The van der Waals surface area contributed by atoms with Gasteiger partial charge in [-0.25, -0.2) is 4.39 Å². The first-order valence-electron chi connectivity index (χ1n) is 7.32. The zero-order chi connectivity index (χ0) is 16.1. The van der Waals surface area contributed by atoms with Crippen molar-refractivity contribution >= 4 is 11.9 Å². The highest BCUT2D eigenvalue weighted by atomic mass is 19.1. The summed E-state index contributed by atoms with van der Waals surface area (Å²) in [5, 5.41) is 8.80. The molecule has 0 spiro atoms. The van der Waals surface area contributed by atoms with Gasteiger partial charge in [-0.1, -0.05) is 19.1 Å². The molecule has 1 aromatic carbocycles. The van der Waals surface area contributed by atoms with Gasteiger partial charge in [-0.15, -0.1) is 0 Å². The summed E-state index contributed by atoms with van der Waals surface area (Å²) in [7, 11) is 0. The molecule has 0 unspecified atom stereocenters. The second-order valence-corrected chi connectivity index (χ2v) is 5.61. The molecular weight excluding hydrogens is 289 g/mol. The van der Waals surface area contributed by atoms with Crippen molar-refractivity contribution in [3.8, 4) is 0 Å². The van der Waals surface area contributed by atoms with Gasteiger partial charge in [0.05, 0.1) is 19.1 Å². The summed E-state index contributed by atoms with van der Waals surface area (Å²) in [6, 6.07) is 6.21. The number of carbonyl (C=O) groups is 2. The number of amides is 1. The molecule has 5 nitrogen and oxygen atoms in total. The van der Waals surface area contributed by atoms with Crippen molar-refractivity contribution in [3.63, 3.8) is 0 Å². The van der Waals surface area contributed by atoms with Crippen LogP contribution in [0.3, 0.4) is 0 Å². The molecule has 0 aromatic heterocycles. The number of hydrogen-bond acceptors (Lipinski definition) is 3. The van der Waals surface area contributed by atoms with Gasteiger partial charge in [0.25, 0.3) is 0 Å². The van der Waals surface area contributed by atoms with E-state index in [9.17, 15) is 14.0 Å². The van der Waals surface area contributed by atoms with E-state index in [4.69, 9.17) is 9.84 Å². The molecule has 1 heterocycles. The van der Waals surface area contributed by atoms with Gasteiger partial charge < -0.3 is 14.7 Å². The van der Waals surface area contributed by atoms with Crippen LogP contribution < -0.4 is 0 Å². The van der Waals surface area contributed by atoms with Crippen LogP contribution in [0.5, 0.6) is 0 Å². The number of carboxylic acids is 1. The second-order valence-electron chi connectivity index (χ2n) is 5.61. The summed E-state index contributed by atoms with van der Waals surface area (Å²) in [6.07, 6.45) is -0.115. The smallest absolute Gasteiger partial charge is 0.306 e. The number of morpholine rings is 1. The first kappa shape index (κ1) is 16.4. The minimum absolute atomic E-state index is 0.0528. The minimum atomic E-state index is -0.938. The Morgan fingerprint density at radius 3 is 2.95 bits per heavy atom. The predicted molar refractivity (Wildman–Crippen MR) is 77.8 cm³/mol. The summed E-state index contributed by atoms with van der Waals surface area (Å²) < 4.78 is 18.5. The molecule has 1 aliphatic rings. The Bertz CT molecular complexity index is 549. The molecule has 1 saturated heterocycles. The van der Waals surface area contributed by atoms with Crippen LogP contribution in [0.2, 0.25) is 0 Å². The Labute approximate surface area is 128 Å². The van der Waals surface area contributed by atoms with Crippen LogP contribution >= 0.6 is 0 Å². The molecule has 22 heavy (non-hydrogen) atoms. The Morgan fingerprint density at radius 2 is 2.27 bits per heavy atom. The van der Waals surface area contributed by atoms with Crippen LogP contribution in [0.15, 0.2) is 24.3 Å². The molecule has 0 aliphatic carbocycles. The highest BCUT2D eigenvalue weighted by Crippen LogP contribution is 2.16. The van der Waals surface area contributed by atoms with Crippen LogP contribution in [0.25, 0.3) is 0 Å². The summed E-state index contributed by atoms with van der Waals surface area (Å²) in [4.78, 5) is 24.8. The van der Waals surface area contributed by atoms with Crippen LogP contribution in [0.1, 0.15) is 18.9 Å². The van der Waals surface area contributed by atoms with E-state index in [-0.39, 0.29) is 24.1 Å². The molecule has 1 N–H and O–H groups in total. The standard InChI is InChI=1S/C16H20FNO4/c1-11(7-12-3-2-4-13(17)8-12)16(21)18-5-6-22-14(10-18)9-15(19)20/h2-4,8,11,14H,5-7,9-10H2,1H3,(H,19,20)/t11-,14+/m0/s1. The van der Waals surface area contributed by atoms with Gasteiger partial charge in [0.2, 0.25) is 5.91 Å². The summed E-state index contributed by atoms with van der Waals surface area (Å²) in [5.41, 5.74) is 0.774. The Balaban J connectivity index is 1.93. The van der Waals surface area contributed by atoms with Gasteiger partial charge in [-0.2, -0.15) is 0 Å². The number of halogens is 1. The molecule has 1 amide bonds. The zero-order valence-corrected chi connectivity index (χ0v) is 12.5. The fourth-order valence-electron chi connectivity index (χ4n) is 2.65. The van der Waals surface area contributed by atoms with Crippen molar-refractivity contribution in [2.45, 2.75) is 25.9 Å². The number of ether oxygens (including phenoxy) is 1. The topological polar surface area (TPSA) is 66.8 Å². The number of nitrogens with zero attached hydrogens (tertiary/aromatic N) is 1. The third kappa shape index (κ3) is 4.53. The maximum atomic E-state index is 13.2. The molecule has 1 fully saturated rings. The van der Waals surface area contributed by atoms with Crippen LogP contribution in [0, 0.1) is 11.7 Å². The van der Waals surface area contributed by atoms with E-state index in [1.165, 1.54) is 12.1 Å². The summed E-state index contributed by atoms with van der Waals surface area (Å²) in [6.45, 7) is 2.90. The van der Waals surface area contributed by atoms with Gasteiger partial charge in [-0.3, -0.25) is 9.59 Å². The second kappa shape index (κ2) is 7.35. The lowest BCUT2D eigenvalue weighted by Gasteiger charge is -2.34. The third-order valence-corrected chi connectivity index (χ3v) is 3.71. The van der Waals surface area contributed by atoms with Crippen LogP contribution in [-0.2, 0) is 20.7 Å². The van der Waals surface area contributed by atoms with Gasteiger partial charge in [0.1, 0.15) is 5.82 Å². The average molecular weight is 309 g/mol. The Hall–Kier alpha value is -1.95. The van der Waals surface area contributed by atoms with Gasteiger partial charge in [0, 0.05) is 19.0 Å². The highest BCUT2D eigenvalue weighted by Gasteiger charge is 2.28. The first-order chi connectivity index (χ1) is 10.5. The van der Waals surface area contributed by atoms with E-state index in [0.29, 0.717) is 26.1 Å². The van der Waals surface area contributed by atoms with Gasteiger partial charge in [-0.05, 0) is 24.1 Å². The number of rotatable bonds is 5. The molecule has 120 valence electrons. The fraction of sp³-hybridized carbons (Fsp3) is 0.500. The van der Waals surface area contributed by atoms with E-state index >= 15 is 0 Å². The van der Waals surface area contributed by atoms with Crippen molar-refractivity contribution < 1.29 is 23.8 Å². The molecule has 2 rings (SSSR count). The van der Waals surface area contributed by atoms with E-state index in [1.54, 1.807) is 24.0 Å². The maximum absolute atomic E-state index is 13.2. The van der Waals surface area contributed by atoms with Crippen LogP contribution in [0.4, 0.5) is 4.39 Å². The van der Waals surface area contributed by atoms with Crippen molar-refractivity contribution in [2.24, 2.45) is 5.92 Å². The van der Waals surface area contributed by atoms with Crippen LogP contribution in [-0.4, -0.2) is 47.7 Å². The maximum Gasteiger partial charge on any atom is 0.306 e. The molecule has 6 heteroatoms. The third-order valence-electron chi connectivity index (χ3n) is 3.71. The lowest BCUT2D eigenvalue weighted by Crippen LogP contribution is -2.48. The molecule has 1 aromatic rings. The number of benzene rings is 1. The highest BCUT2D eigenvalue weighted by molar-refractivity contribution is 5.79. The SMILES string of the molecule is C[C@@H](Cc1cccc(F)c1)C(=O)N1CCO[C@H](CC(=O)O)C1. The Morgan fingerprint density at radius 1 is 1.50 bits per heavy atom. The first-order valence-corrected chi connectivity index (χ1v) is 7.32. The van der Waals surface area contributed by atoms with E-state index < -0.39 is 12.1 Å². The lowest BCUT2D eigenvalue weighted by molar-refractivity contribution is -0.149. The largest absolute Gasteiger partial charge is 0.481 e. The summed E-state index contributed by atoms with van der Waals surface area (Å²) in [5.74, 6) is -1.59. The molecule has 2 atom stereocenters. The van der Waals surface area contributed by atoms with Crippen molar-refractivity contribution in [3.05, 3.63) is 35.6 Å². The van der Waals surface area contributed by atoms with Gasteiger partial charge in [0.15, 0.2) is 0 Å². The molecule has 0 bridgehead atoms. The number of carboxylic acid groups (broad SMARTS) is 1. The van der Waals surface area contributed by atoms with Crippen molar-refractivity contribution in [2.75, 3.05) is 19.7 Å². The zero-order valence-electron chi connectivity index (χ0n) is 12.5. The summed E-state index contributed by atoms with van der Waals surface area (Å²) >= 11 is 0.